The van der Waals surface area contributed by atoms with E-state index in [0.29, 0.717) is 19.4 Å². The number of rotatable bonds is 10. The Hall–Kier alpha value is -1.79. The lowest BCUT2D eigenvalue weighted by Gasteiger charge is -2.25. The molecule has 0 radical (unpaired) electrons. The summed E-state index contributed by atoms with van der Waals surface area (Å²) in [5, 5.41) is 9.55. The number of carbonyl (C=O) groups is 1. The number of nitrogens with zero attached hydrogens (tertiary/aromatic N) is 1. The summed E-state index contributed by atoms with van der Waals surface area (Å²) in [6.45, 7) is 0.382. The van der Waals surface area contributed by atoms with E-state index in [0.717, 1.165) is 15.6 Å². The van der Waals surface area contributed by atoms with Crippen molar-refractivity contribution in [3.63, 3.8) is 0 Å². The van der Waals surface area contributed by atoms with Crippen molar-refractivity contribution in [3.05, 3.63) is 42.5 Å². The molecule has 2 rings (SSSR count). The Labute approximate surface area is 164 Å². The zero-order valence-corrected chi connectivity index (χ0v) is 16.7. The molecule has 8 nitrogen and oxygen atoms in total. The minimum Gasteiger partial charge on any atom is -0.480 e. The van der Waals surface area contributed by atoms with E-state index in [1.807, 2.05) is 0 Å². The van der Waals surface area contributed by atoms with Crippen LogP contribution < -0.4 is 10.0 Å². The van der Waals surface area contributed by atoms with Crippen molar-refractivity contribution >= 4 is 43.4 Å². The Balaban J connectivity index is 2.37. The van der Waals surface area contributed by atoms with Crippen LogP contribution in [0.5, 0.6) is 0 Å². The van der Waals surface area contributed by atoms with Crippen molar-refractivity contribution in [1.29, 1.82) is 0 Å². The number of unbranched alkanes of at least 4 members (excludes halogenated alkanes) is 1. The van der Waals surface area contributed by atoms with E-state index in [-0.39, 0.29) is 20.5 Å². The second-order valence-electron chi connectivity index (χ2n) is 5.60. The summed E-state index contributed by atoms with van der Waals surface area (Å²) in [6.07, 6.45) is 1.15. The van der Waals surface area contributed by atoms with Gasteiger partial charge in [-0.15, -0.1) is 11.3 Å². The summed E-state index contributed by atoms with van der Waals surface area (Å²) >= 11 is -1.88. The molecule has 0 aliphatic heterocycles. The monoisotopic (exact) mass is 432 g/mol. The molecule has 2 atom stereocenters. The lowest BCUT2D eigenvalue weighted by atomic mass is 10.1. The van der Waals surface area contributed by atoms with Gasteiger partial charge < -0.3 is 10.8 Å². The highest BCUT2D eigenvalue weighted by molar-refractivity contribution is 7.93. The summed E-state index contributed by atoms with van der Waals surface area (Å²) < 4.78 is 47.6. The first kappa shape index (κ1) is 21.5. The standard InChI is InChI=1S/C16H20N2O6S3/c17-11-5-4-8-13(16(19)20)18(26(21)22)14-9-10-15(25-14)27(23,24)12-6-2-1-3-7-12/h1-3,6-7,9-10,13H,4-5,8,11,17H2,(H,19,20)(H,21,22). The number of carboxylic acid groups (broad SMARTS) is 1. The SMILES string of the molecule is NCCCCC(C(=O)O)N(c1ccc(S(=O)(=O)c2ccccc2)s1)S(=O)O. The molecule has 0 amide bonds. The van der Waals surface area contributed by atoms with Gasteiger partial charge in [-0.3, -0.25) is 4.55 Å². The van der Waals surface area contributed by atoms with Gasteiger partial charge in [0.1, 0.15) is 15.3 Å². The molecule has 1 aromatic heterocycles. The highest BCUT2D eigenvalue weighted by Gasteiger charge is 2.32. The quantitative estimate of drug-likeness (QED) is 0.386. The van der Waals surface area contributed by atoms with Crippen molar-refractivity contribution in [3.8, 4) is 0 Å². The number of sulfone groups is 1. The van der Waals surface area contributed by atoms with Gasteiger partial charge in [0, 0.05) is 0 Å². The van der Waals surface area contributed by atoms with Crippen molar-refractivity contribution < 1.29 is 27.1 Å². The van der Waals surface area contributed by atoms with Crippen molar-refractivity contribution in [2.45, 2.75) is 34.4 Å². The number of hydrogen-bond donors (Lipinski definition) is 3. The van der Waals surface area contributed by atoms with Crippen LogP contribution in [0.15, 0.2) is 51.6 Å². The van der Waals surface area contributed by atoms with Crippen LogP contribution in [0.25, 0.3) is 0 Å². The Bertz CT molecular complexity index is 898. The maximum Gasteiger partial charge on any atom is 0.327 e. The number of anilines is 1. The zero-order chi connectivity index (χ0) is 20.0. The molecule has 0 saturated heterocycles. The molecule has 27 heavy (non-hydrogen) atoms. The molecular formula is C16H20N2O6S3. The predicted molar refractivity (Wildman–Crippen MR) is 104 cm³/mol. The fraction of sp³-hybridized carbons (Fsp3) is 0.312. The molecule has 0 saturated carbocycles. The van der Waals surface area contributed by atoms with Crippen molar-refractivity contribution in [1.82, 2.24) is 0 Å². The number of hydrogen-bond acceptors (Lipinski definition) is 6. The van der Waals surface area contributed by atoms with E-state index in [1.165, 1.54) is 24.3 Å². The van der Waals surface area contributed by atoms with Crippen LogP contribution in [0.1, 0.15) is 19.3 Å². The molecule has 148 valence electrons. The first-order valence-corrected chi connectivity index (χ1v) is 11.4. The van der Waals surface area contributed by atoms with E-state index >= 15 is 0 Å². The van der Waals surface area contributed by atoms with Crippen LogP contribution in [0.4, 0.5) is 5.00 Å². The first-order chi connectivity index (χ1) is 12.8. The second-order valence-corrected chi connectivity index (χ2v) is 9.70. The number of carboxylic acids is 1. The summed E-state index contributed by atoms with van der Waals surface area (Å²) in [5.41, 5.74) is 5.41. The van der Waals surface area contributed by atoms with Crippen molar-refractivity contribution in [2.75, 3.05) is 10.8 Å². The van der Waals surface area contributed by atoms with Gasteiger partial charge in [-0.05, 0) is 50.1 Å². The van der Waals surface area contributed by atoms with Gasteiger partial charge in [-0.2, -0.15) is 0 Å². The largest absolute Gasteiger partial charge is 0.480 e. The summed E-state index contributed by atoms with van der Waals surface area (Å²) in [4.78, 5) is 11.7. The Morgan fingerprint density at radius 2 is 1.85 bits per heavy atom. The van der Waals surface area contributed by atoms with Gasteiger partial charge in [0.25, 0.3) is 11.3 Å². The van der Waals surface area contributed by atoms with Crippen LogP contribution in [-0.4, -0.2) is 40.8 Å². The molecule has 1 heterocycles. The van der Waals surface area contributed by atoms with Gasteiger partial charge in [0.05, 0.1) is 4.90 Å². The molecule has 2 aromatic rings. The molecule has 0 aliphatic rings. The number of thiophene rings is 1. The predicted octanol–water partition coefficient (Wildman–Crippen LogP) is 2.11. The topological polar surface area (TPSA) is 138 Å². The number of nitrogens with two attached hydrogens (primary N) is 1. The average Bonchev–Trinajstić information content (AvgIpc) is 3.11. The molecule has 0 spiro atoms. The van der Waals surface area contributed by atoms with Gasteiger partial charge in [-0.25, -0.2) is 21.7 Å². The third-order valence-corrected chi connectivity index (χ3v) is 8.02. The van der Waals surface area contributed by atoms with E-state index in [2.05, 4.69) is 0 Å². The molecular weight excluding hydrogens is 412 g/mol. The summed E-state index contributed by atoms with van der Waals surface area (Å²) in [6, 6.07) is 9.15. The highest BCUT2D eigenvalue weighted by atomic mass is 32.2. The molecule has 11 heteroatoms. The normalized spacial score (nSPS) is 13.9. The maximum atomic E-state index is 12.7. The van der Waals surface area contributed by atoms with Crippen LogP contribution in [0, 0.1) is 0 Å². The van der Waals surface area contributed by atoms with Crippen molar-refractivity contribution in [2.24, 2.45) is 5.73 Å². The molecule has 0 fully saturated rings. The first-order valence-electron chi connectivity index (χ1n) is 8.02. The fourth-order valence-electron chi connectivity index (χ4n) is 2.45. The highest BCUT2D eigenvalue weighted by Crippen LogP contribution is 2.35. The van der Waals surface area contributed by atoms with Crippen LogP contribution in [0.3, 0.4) is 0 Å². The average molecular weight is 433 g/mol. The molecule has 2 unspecified atom stereocenters. The van der Waals surface area contributed by atoms with Crippen LogP contribution in [-0.2, 0) is 25.9 Å². The second kappa shape index (κ2) is 9.42. The Morgan fingerprint density at radius 1 is 1.19 bits per heavy atom. The van der Waals surface area contributed by atoms with Gasteiger partial charge >= 0.3 is 5.97 Å². The minimum absolute atomic E-state index is 0.0368. The smallest absolute Gasteiger partial charge is 0.327 e. The third kappa shape index (κ3) is 5.14. The Morgan fingerprint density at radius 3 is 2.41 bits per heavy atom. The van der Waals surface area contributed by atoms with E-state index in [4.69, 9.17) is 5.73 Å². The lowest BCUT2D eigenvalue weighted by Crippen LogP contribution is -2.42. The van der Waals surface area contributed by atoms with Crippen LogP contribution in [0.2, 0.25) is 0 Å². The summed E-state index contributed by atoms with van der Waals surface area (Å²) in [5.74, 6) is -1.27. The molecule has 4 N–H and O–H groups in total. The number of benzene rings is 1. The maximum absolute atomic E-state index is 12.7. The zero-order valence-electron chi connectivity index (χ0n) is 14.2. The summed E-state index contributed by atoms with van der Waals surface area (Å²) in [7, 11) is -3.80. The Kier molecular flexibility index (Phi) is 7.50. The van der Waals surface area contributed by atoms with E-state index in [1.54, 1.807) is 18.2 Å². The van der Waals surface area contributed by atoms with E-state index in [9.17, 15) is 27.1 Å². The van der Waals surface area contributed by atoms with Gasteiger partial charge in [-0.1, -0.05) is 18.2 Å². The third-order valence-electron chi connectivity index (χ3n) is 3.77. The van der Waals surface area contributed by atoms with Gasteiger partial charge in [0.2, 0.25) is 9.84 Å². The van der Waals surface area contributed by atoms with Crippen LogP contribution >= 0.6 is 11.3 Å². The molecule has 1 aromatic carbocycles. The molecule has 0 aliphatic carbocycles. The lowest BCUT2D eigenvalue weighted by molar-refractivity contribution is -0.138. The molecule has 0 bridgehead atoms. The fourth-order valence-corrected chi connectivity index (χ4v) is 6.06. The minimum atomic E-state index is -3.80. The number of aliphatic carboxylic acids is 1. The van der Waals surface area contributed by atoms with E-state index < -0.39 is 33.1 Å². The van der Waals surface area contributed by atoms with Gasteiger partial charge in [0.15, 0.2) is 0 Å².